The molecule has 0 saturated carbocycles. The minimum atomic E-state index is -1.08. The van der Waals surface area contributed by atoms with Crippen LogP contribution in [-0.4, -0.2) is 21.8 Å². The number of H-pyrrole nitrogens is 1. The van der Waals surface area contributed by atoms with E-state index in [4.69, 9.17) is 5.11 Å². The number of carboxylic acid groups (broad SMARTS) is 1. The van der Waals surface area contributed by atoms with Gasteiger partial charge in [0.05, 0.1) is 0 Å². The highest BCUT2D eigenvalue weighted by Gasteiger charge is 2.15. The molecule has 0 atom stereocenters. The predicted octanol–water partition coefficient (Wildman–Crippen LogP) is 3.01. The Morgan fingerprint density at radius 2 is 2.00 bits per heavy atom. The zero-order valence-electron chi connectivity index (χ0n) is 9.53. The molecule has 0 radical (unpaired) electrons. The normalized spacial score (nSPS) is 10.3. The average Bonchev–Trinajstić information content (AvgIpc) is 2.77. The van der Waals surface area contributed by atoms with Gasteiger partial charge < -0.3 is 10.1 Å². The lowest BCUT2D eigenvalue weighted by Crippen LogP contribution is -2.02. The van der Waals surface area contributed by atoms with Crippen LogP contribution >= 0.6 is 15.9 Å². The molecule has 1 aromatic carbocycles. The number of hydrogen-bond donors (Lipinski definition) is 2. The van der Waals surface area contributed by atoms with E-state index in [-0.39, 0.29) is 11.5 Å². The first kappa shape index (κ1) is 12.6. The Labute approximate surface area is 112 Å². The van der Waals surface area contributed by atoms with Gasteiger partial charge in [-0.2, -0.15) is 0 Å². The maximum Gasteiger partial charge on any atom is 0.352 e. The third-order valence-electron chi connectivity index (χ3n) is 2.61. The molecule has 5 heteroatoms. The third kappa shape index (κ3) is 2.36. The minimum absolute atomic E-state index is 0.00751. The van der Waals surface area contributed by atoms with E-state index < -0.39 is 5.97 Å². The van der Waals surface area contributed by atoms with Crippen molar-refractivity contribution in [3.05, 3.63) is 57.3 Å². The van der Waals surface area contributed by atoms with Crippen LogP contribution in [-0.2, 0) is 0 Å². The second-order valence-electron chi connectivity index (χ2n) is 3.90. The molecule has 2 aromatic rings. The van der Waals surface area contributed by atoms with E-state index in [2.05, 4.69) is 20.9 Å². The number of halogens is 1. The molecule has 0 amide bonds. The number of benzene rings is 1. The molecule has 0 spiro atoms. The van der Waals surface area contributed by atoms with Crippen molar-refractivity contribution in [3.63, 3.8) is 0 Å². The van der Waals surface area contributed by atoms with E-state index in [1.165, 1.54) is 12.3 Å². The van der Waals surface area contributed by atoms with Gasteiger partial charge in [-0.1, -0.05) is 15.9 Å². The van der Waals surface area contributed by atoms with Gasteiger partial charge in [-0.3, -0.25) is 4.79 Å². The van der Waals surface area contributed by atoms with Crippen molar-refractivity contribution >= 4 is 27.7 Å². The summed E-state index contributed by atoms with van der Waals surface area (Å²) in [6, 6.07) is 6.68. The number of aromatic carboxylic acids is 1. The largest absolute Gasteiger partial charge is 0.477 e. The number of aromatic amines is 1. The maximum absolute atomic E-state index is 12.2. The van der Waals surface area contributed by atoms with Gasteiger partial charge >= 0.3 is 5.97 Å². The van der Waals surface area contributed by atoms with E-state index in [0.29, 0.717) is 11.1 Å². The van der Waals surface area contributed by atoms with Gasteiger partial charge in [-0.15, -0.1) is 0 Å². The fourth-order valence-electron chi connectivity index (χ4n) is 1.69. The molecule has 0 aliphatic carbocycles. The van der Waals surface area contributed by atoms with Gasteiger partial charge in [0.15, 0.2) is 5.78 Å². The van der Waals surface area contributed by atoms with E-state index in [0.717, 1.165) is 10.0 Å². The first-order valence-corrected chi connectivity index (χ1v) is 6.01. The van der Waals surface area contributed by atoms with Crippen molar-refractivity contribution in [2.75, 3.05) is 0 Å². The van der Waals surface area contributed by atoms with Gasteiger partial charge in [-0.25, -0.2) is 4.79 Å². The Morgan fingerprint density at radius 3 is 2.56 bits per heavy atom. The summed E-state index contributed by atoms with van der Waals surface area (Å²) in [5.41, 5.74) is 1.76. The maximum atomic E-state index is 12.2. The summed E-state index contributed by atoms with van der Waals surface area (Å²) in [6.45, 7) is 1.84. The Hall–Kier alpha value is -1.88. The van der Waals surface area contributed by atoms with E-state index >= 15 is 0 Å². The Morgan fingerprint density at radius 1 is 1.28 bits per heavy atom. The summed E-state index contributed by atoms with van der Waals surface area (Å²) < 4.78 is 0.900. The number of nitrogens with one attached hydrogen (secondary N) is 1. The van der Waals surface area contributed by atoms with Gasteiger partial charge in [0.2, 0.25) is 0 Å². The molecule has 0 aliphatic heterocycles. The van der Waals surface area contributed by atoms with Crippen LogP contribution in [0.3, 0.4) is 0 Å². The molecule has 0 bridgehead atoms. The van der Waals surface area contributed by atoms with Crippen LogP contribution in [0.15, 0.2) is 34.9 Å². The van der Waals surface area contributed by atoms with Gasteiger partial charge in [-0.05, 0) is 36.8 Å². The van der Waals surface area contributed by atoms with E-state index in [9.17, 15) is 9.59 Å². The molecule has 4 nitrogen and oxygen atoms in total. The van der Waals surface area contributed by atoms with Crippen molar-refractivity contribution in [2.24, 2.45) is 0 Å². The molecule has 18 heavy (non-hydrogen) atoms. The van der Waals surface area contributed by atoms with Crippen LogP contribution in [0, 0.1) is 6.92 Å². The van der Waals surface area contributed by atoms with Crippen LogP contribution < -0.4 is 0 Å². The number of aromatic nitrogens is 1. The number of carboxylic acids is 1. The van der Waals surface area contributed by atoms with Crippen LogP contribution in [0.1, 0.15) is 32.0 Å². The molecule has 0 saturated heterocycles. The lowest BCUT2D eigenvalue weighted by atomic mass is 10.0. The fourth-order valence-corrected chi connectivity index (χ4v) is 2.16. The Bertz CT molecular complexity index is 631. The van der Waals surface area contributed by atoms with Gasteiger partial charge in [0.1, 0.15) is 5.69 Å². The third-order valence-corrected chi connectivity index (χ3v) is 3.10. The quantitative estimate of drug-likeness (QED) is 0.856. The van der Waals surface area contributed by atoms with Crippen LogP contribution in [0.4, 0.5) is 0 Å². The standard InChI is InChI=1S/C13H10BrNO3/c1-7-4-9(14)2-3-10(7)12(16)8-5-11(13(17)18)15-6-8/h2-6,15H,1H3,(H,17,18). The topological polar surface area (TPSA) is 70.2 Å². The van der Waals surface area contributed by atoms with Crippen molar-refractivity contribution in [3.8, 4) is 0 Å². The summed E-state index contributed by atoms with van der Waals surface area (Å²) in [7, 11) is 0. The Balaban J connectivity index is 2.38. The van der Waals surface area contributed by atoms with E-state index in [1.807, 2.05) is 13.0 Å². The summed E-state index contributed by atoms with van der Waals surface area (Å²) in [4.78, 5) is 25.5. The predicted molar refractivity (Wildman–Crippen MR) is 70.1 cm³/mol. The number of rotatable bonds is 3. The minimum Gasteiger partial charge on any atom is -0.477 e. The molecule has 2 N–H and O–H groups in total. The molecule has 0 aliphatic rings. The molecule has 0 fully saturated rings. The van der Waals surface area contributed by atoms with Crippen LogP contribution in [0.2, 0.25) is 0 Å². The van der Waals surface area contributed by atoms with Crippen LogP contribution in [0.25, 0.3) is 0 Å². The summed E-state index contributed by atoms with van der Waals surface area (Å²) in [5.74, 6) is -1.27. The highest BCUT2D eigenvalue weighted by atomic mass is 79.9. The summed E-state index contributed by atoms with van der Waals surface area (Å²) in [5, 5.41) is 8.79. The zero-order chi connectivity index (χ0) is 13.3. The van der Waals surface area contributed by atoms with Gasteiger partial charge in [0.25, 0.3) is 0 Å². The van der Waals surface area contributed by atoms with Crippen molar-refractivity contribution in [2.45, 2.75) is 6.92 Å². The van der Waals surface area contributed by atoms with Crippen molar-refractivity contribution < 1.29 is 14.7 Å². The number of hydrogen-bond acceptors (Lipinski definition) is 2. The number of carbonyl (C=O) groups is 2. The average molecular weight is 308 g/mol. The monoisotopic (exact) mass is 307 g/mol. The fraction of sp³-hybridized carbons (Fsp3) is 0.0769. The Kier molecular flexibility index (Phi) is 3.34. The number of carbonyl (C=O) groups excluding carboxylic acids is 1. The lowest BCUT2D eigenvalue weighted by molar-refractivity contribution is 0.0691. The van der Waals surface area contributed by atoms with E-state index in [1.54, 1.807) is 12.1 Å². The molecular formula is C13H10BrNO3. The molecule has 92 valence electrons. The first-order chi connectivity index (χ1) is 8.49. The highest BCUT2D eigenvalue weighted by Crippen LogP contribution is 2.19. The number of aryl methyl sites for hydroxylation is 1. The van der Waals surface area contributed by atoms with Crippen LogP contribution in [0.5, 0.6) is 0 Å². The molecule has 0 unspecified atom stereocenters. The van der Waals surface area contributed by atoms with Gasteiger partial charge in [0, 0.05) is 21.8 Å². The lowest BCUT2D eigenvalue weighted by Gasteiger charge is -2.03. The summed E-state index contributed by atoms with van der Waals surface area (Å²) >= 11 is 3.33. The molecule has 1 aromatic heterocycles. The summed E-state index contributed by atoms with van der Waals surface area (Å²) in [6.07, 6.45) is 1.41. The van der Waals surface area contributed by atoms with Crippen molar-refractivity contribution in [1.29, 1.82) is 0 Å². The highest BCUT2D eigenvalue weighted by molar-refractivity contribution is 9.10. The second-order valence-corrected chi connectivity index (χ2v) is 4.81. The molecule has 1 heterocycles. The SMILES string of the molecule is Cc1cc(Br)ccc1C(=O)c1c[nH]c(C(=O)O)c1. The van der Waals surface area contributed by atoms with Crippen molar-refractivity contribution in [1.82, 2.24) is 4.98 Å². The zero-order valence-corrected chi connectivity index (χ0v) is 11.1. The molecular weight excluding hydrogens is 298 g/mol. The number of ketones is 1. The molecule has 2 rings (SSSR count). The second kappa shape index (κ2) is 4.78. The first-order valence-electron chi connectivity index (χ1n) is 5.21. The smallest absolute Gasteiger partial charge is 0.352 e.